The molecule has 0 aromatic heterocycles. The van der Waals surface area contributed by atoms with E-state index in [-0.39, 0.29) is 23.5 Å². The maximum atomic E-state index is 11.8. The predicted octanol–water partition coefficient (Wildman–Crippen LogP) is 2.25. The Morgan fingerprint density at radius 3 is 2.62 bits per heavy atom. The summed E-state index contributed by atoms with van der Waals surface area (Å²) in [4.78, 5) is 23.1. The Hall–Kier alpha value is -1.61. The third-order valence-corrected chi connectivity index (χ3v) is 3.29. The average Bonchev–Trinajstić information content (AvgIpc) is 2.45. The maximum Gasteiger partial charge on any atom is 0.338 e. The van der Waals surface area contributed by atoms with E-state index in [2.05, 4.69) is 6.58 Å². The molecule has 0 aliphatic heterocycles. The predicted molar refractivity (Wildman–Crippen MR) is 82.8 cm³/mol. The van der Waals surface area contributed by atoms with Crippen LogP contribution in [0.2, 0.25) is 0 Å². The first kappa shape index (κ1) is 17.4. The van der Waals surface area contributed by atoms with Gasteiger partial charge in [-0.05, 0) is 47.7 Å². The Morgan fingerprint density at radius 1 is 1.43 bits per heavy atom. The summed E-state index contributed by atoms with van der Waals surface area (Å²) < 4.78 is 15.4. The van der Waals surface area contributed by atoms with Gasteiger partial charge in [-0.15, -0.1) is 0 Å². The molecule has 114 valence electrons. The van der Waals surface area contributed by atoms with Gasteiger partial charge in [0, 0.05) is 12.7 Å². The van der Waals surface area contributed by atoms with Crippen LogP contribution in [0.15, 0.2) is 30.4 Å². The Morgan fingerprint density at radius 2 is 2.10 bits per heavy atom. The molecule has 1 aromatic carbocycles. The van der Waals surface area contributed by atoms with Gasteiger partial charge in [-0.25, -0.2) is 9.59 Å². The molecule has 1 atom stereocenters. The van der Waals surface area contributed by atoms with Crippen molar-refractivity contribution in [3.8, 4) is 5.75 Å². The Labute approximate surface area is 135 Å². The molecule has 21 heavy (non-hydrogen) atoms. The fraction of sp³-hybridized carbons (Fsp3) is 0.286. The molecule has 1 rings (SSSR count). The van der Waals surface area contributed by atoms with Gasteiger partial charge in [0.15, 0.2) is 6.61 Å². The van der Waals surface area contributed by atoms with E-state index < -0.39 is 18.2 Å². The lowest BCUT2D eigenvalue weighted by Crippen LogP contribution is -2.27. The van der Waals surface area contributed by atoms with Gasteiger partial charge >= 0.3 is 11.9 Å². The number of hydrogen-bond acceptors (Lipinski definition) is 6. The number of hydrogen-bond donors (Lipinski definition) is 1. The third-order valence-electron chi connectivity index (χ3n) is 2.38. The number of esters is 2. The van der Waals surface area contributed by atoms with Gasteiger partial charge in [0.1, 0.15) is 5.75 Å². The standard InChI is InChI=1S/C14H15IO6/c1-8(2)13(17)21-12(19-3)7-20-14(18)9-4-5-10(15)11(16)6-9/h4-6,12,16H,1,7H2,2-3H3. The van der Waals surface area contributed by atoms with E-state index >= 15 is 0 Å². The number of ether oxygens (including phenoxy) is 3. The number of benzene rings is 1. The summed E-state index contributed by atoms with van der Waals surface area (Å²) in [6, 6.07) is 4.40. The quantitative estimate of drug-likeness (QED) is 0.338. The molecule has 0 bridgehead atoms. The average molecular weight is 406 g/mol. The molecule has 0 saturated heterocycles. The van der Waals surface area contributed by atoms with Crippen LogP contribution in [0.1, 0.15) is 17.3 Å². The maximum absolute atomic E-state index is 11.8. The lowest BCUT2D eigenvalue weighted by atomic mass is 10.2. The van der Waals surface area contributed by atoms with Gasteiger partial charge in [-0.2, -0.15) is 0 Å². The summed E-state index contributed by atoms with van der Waals surface area (Å²) in [5.74, 6) is -1.30. The van der Waals surface area contributed by atoms with Crippen molar-refractivity contribution < 1.29 is 28.9 Å². The van der Waals surface area contributed by atoms with Crippen molar-refractivity contribution >= 4 is 34.5 Å². The summed E-state index contributed by atoms with van der Waals surface area (Å²) in [5.41, 5.74) is 0.403. The second-order valence-electron chi connectivity index (χ2n) is 4.12. The summed E-state index contributed by atoms with van der Waals surface area (Å²) in [5, 5.41) is 9.53. The fourth-order valence-corrected chi connectivity index (χ4v) is 1.57. The molecule has 0 spiro atoms. The SMILES string of the molecule is C=C(C)C(=O)OC(COC(=O)c1ccc(I)c(O)c1)OC. The monoisotopic (exact) mass is 406 g/mol. The molecule has 0 saturated carbocycles. The number of phenolic OH excluding ortho intramolecular Hbond substituents is 1. The molecule has 0 aliphatic carbocycles. The minimum atomic E-state index is -1.02. The number of methoxy groups -OCH3 is 1. The van der Waals surface area contributed by atoms with E-state index in [0.29, 0.717) is 3.57 Å². The summed E-state index contributed by atoms with van der Waals surface area (Å²) in [7, 11) is 1.32. The second-order valence-corrected chi connectivity index (χ2v) is 5.28. The van der Waals surface area contributed by atoms with E-state index in [1.807, 2.05) is 22.6 Å². The van der Waals surface area contributed by atoms with E-state index in [1.54, 1.807) is 6.07 Å². The van der Waals surface area contributed by atoms with Crippen molar-refractivity contribution in [3.63, 3.8) is 0 Å². The van der Waals surface area contributed by atoms with Crippen LogP contribution in [0, 0.1) is 3.57 Å². The topological polar surface area (TPSA) is 82.1 Å². The molecular weight excluding hydrogens is 391 g/mol. The molecule has 6 nitrogen and oxygen atoms in total. The molecule has 0 amide bonds. The lowest BCUT2D eigenvalue weighted by molar-refractivity contribution is -0.176. The van der Waals surface area contributed by atoms with Gasteiger partial charge in [0.05, 0.1) is 9.13 Å². The van der Waals surface area contributed by atoms with Gasteiger partial charge in [0.25, 0.3) is 0 Å². The van der Waals surface area contributed by atoms with E-state index in [0.717, 1.165) is 0 Å². The van der Waals surface area contributed by atoms with E-state index in [1.165, 1.54) is 26.2 Å². The first-order chi connectivity index (χ1) is 9.85. The van der Waals surface area contributed by atoms with Crippen LogP contribution in [0.25, 0.3) is 0 Å². The van der Waals surface area contributed by atoms with Crippen molar-refractivity contribution in [2.24, 2.45) is 0 Å². The first-order valence-electron chi connectivity index (χ1n) is 5.90. The molecule has 1 unspecified atom stereocenters. The molecule has 0 fully saturated rings. The summed E-state index contributed by atoms with van der Waals surface area (Å²) in [6.07, 6.45) is -1.02. The fourth-order valence-electron chi connectivity index (χ4n) is 1.24. The van der Waals surface area contributed by atoms with Crippen molar-refractivity contribution in [1.29, 1.82) is 0 Å². The molecule has 0 radical (unpaired) electrons. The number of halogens is 1. The number of aromatic hydroxyl groups is 1. The zero-order valence-electron chi connectivity index (χ0n) is 11.6. The molecule has 1 aromatic rings. The number of carbonyl (C=O) groups excluding carboxylic acids is 2. The normalized spacial score (nSPS) is 11.6. The Kier molecular flexibility index (Phi) is 6.63. The van der Waals surface area contributed by atoms with Crippen molar-refractivity contribution in [1.82, 2.24) is 0 Å². The minimum Gasteiger partial charge on any atom is -0.507 e. The van der Waals surface area contributed by atoms with Gasteiger partial charge in [-0.1, -0.05) is 6.58 Å². The van der Waals surface area contributed by atoms with Gasteiger partial charge in [0.2, 0.25) is 6.29 Å². The van der Waals surface area contributed by atoms with Crippen LogP contribution < -0.4 is 0 Å². The lowest BCUT2D eigenvalue weighted by Gasteiger charge is -2.16. The van der Waals surface area contributed by atoms with E-state index in [4.69, 9.17) is 14.2 Å². The van der Waals surface area contributed by atoms with Crippen LogP contribution in [0.3, 0.4) is 0 Å². The Bertz CT molecular complexity index is 554. The summed E-state index contributed by atoms with van der Waals surface area (Å²) in [6.45, 7) is 4.67. The highest BCUT2D eigenvalue weighted by Crippen LogP contribution is 2.20. The van der Waals surface area contributed by atoms with Crippen LogP contribution in [0.4, 0.5) is 0 Å². The van der Waals surface area contributed by atoms with Crippen LogP contribution in [-0.2, 0) is 19.0 Å². The van der Waals surface area contributed by atoms with Gasteiger partial charge in [-0.3, -0.25) is 0 Å². The van der Waals surface area contributed by atoms with Crippen molar-refractivity contribution in [3.05, 3.63) is 39.5 Å². The highest BCUT2D eigenvalue weighted by atomic mass is 127. The largest absolute Gasteiger partial charge is 0.507 e. The Balaban J connectivity index is 2.59. The zero-order chi connectivity index (χ0) is 16.0. The molecule has 7 heteroatoms. The van der Waals surface area contributed by atoms with Crippen LogP contribution in [0.5, 0.6) is 5.75 Å². The zero-order valence-corrected chi connectivity index (χ0v) is 13.7. The first-order valence-corrected chi connectivity index (χ1v) is 6.98. The number of phenols is 1. The molecular formula is C14H15IO6. The van der Waals surface area contributed by atoms with Crippen molar-refractivity contribution in [2.45, 2.75) is 13.2 Å². The number of rotatable bonds is 6. The smallest absolute Gasteiger partial charge is 0.338 e. The highest BCUT2D eigenvalue weighted by Gasteiger charge is 2.17. The van der Waals surface area contributed by atoms with Crippen LogP contribution in [-0.4, -0.2) is 37.1 Å². The molecule has 0 heterocycles. The second kappa shape index (κ2) is 7.99. The van der Waals surface area contributed by atoms with Crippen molar-refractivity contribution in [2.75, 3.05) is 13.7 Å². The minimum absolute atomic E-state index is 0.0120. The number of carbonyl (C=O) groups is 2. The van der Waals surface area contributed by atoms with E-state index in [9.17, 15) is 14.7 Å². The van der Waals surface area contributed by atoms with Gasteiger partial charge < -0.3 is 19.3 Å². The summed E-state index contributed by atoms with van der Waals surface area (Å²) >= 11 is 1.93. The van der Waals surface area contributed by atoms with Crippen LogP contribution >= 0.6 is 22.6 Å². The third kappa shape index (κ3) is 5.35. The molecule has 1 N–H and O–H groups in total. The highest BCUT2D eigenvalue weighted by molar-refractivity contribution is 14.1. The molecule has 0 aliphatic rings.